The van der Waals surface area contributed by atoms with Crippen LogP contribution in [-0.4, -0.2) is 162 Å². The number of nitrogens with one attached hydrogen (secondary N) is 7. The van der Waals surface area contributed by atoms with Gasteiger partial charge >= 0.3 is 11.9 Å². The second kappa shape index (κ2) is 49.8. The van der Waals surface area contributed by atoms with E-state index < -0.39 is 35.8 Å². The van der Waals surface area contributed by atoms with Crippen LogP contribution in [0.15, 0.2) is 0 Å². The largest absolute Gasteiger partial charge is 0.481 e. The number of aliphatic carboxylic acids is 2. The molecule has 72 heavy (non-hydrogen) atoms. The Morgan fingerprint density at radius 3 is 1.26 bits per heavy atom. The Labute approximate surface area is 426 Å². The molecule has 11 N–H and O–H groups in total. The van der Waals surface area contributed by atoms with E-state index in [0.29, 0.717) is 64.4 Å². The third-order valence-corrected chi connectivity index (χ3v) is 11.1. The van der Waals surface area contributed by atoms with Crippen molar-refractivity contribution in [2.45, 2.75) is 173 Å². The predicted molar refractivity (Wildman–Crippen MR) is 268 cm³/mol. The van der Waals surface area contributed by atoms with Crippen molar-refractivity contribution in [3.8, 4) is 0 Å². The molecule has 0 unspecified atom stereocenters. The summed E-state index contributed by atoms with van der Waals surface area (Å²) in [5.74, 6) is 1.55. The van der Waals surface area contributed by atoms with Crippen LogP contribution >= 0.6 is 0 Å². The Kier molecular flexibility index (Phi) is 46.4. The van der Waals surface area contributed by atoms with Gasteiger partial charge in [-0.3, -0.25) is 44.8 Å². The number of ether oxygens (including phenoxy) is 4. The van der Waals surface area contributed by atoms with E-state index in [2.05, 4.69) is 37.3 Å². The average molecular weight is 1030 g/mol. The number of carbonyl (C=O) groups excluding carboxylic acids is 7. The lowest BCUT2D eigenvalue weighted by molar-refractivity contribution is -0.142. The quantitative estimate of drug-likeness (QED) is 0.0180. The van der Waals surface area contributed by atoms with Gasteiger partial charge in [0.25, 0.3) is 0 Å². The van der Waals surface area contributed by atoms with Gasteiger partial charge in [0.2, 0.25) is 35.4 Å². The smallest absolute Gasteiger partial charge is 0.326 e. The highest BCUT2D eigenvalue weighted by atomic mass is 16.5. The maximum Gasteiger partial charge on any atom is 0.326 e. The van der Waals surface area contributed by atoms with Gasteiger partial charge in [0.15, 0.2) is 0 Å². The molecule has 0 saturated carbocycles. The summed E-state index contributed by atoms with van der Waals surface area (Å²) >= 11 is 0. The fraction of sp³-hybridized carbons (Fsp3) is 0.816. The zero-order valence-corrected chi connectivity index (χ0v) is 42.9. The molecule has 23 nitrogen and oxygen atoms in total. The molecular weight excluding hydrogens is 941 g/mol. The number of carboxylic acid groups (broad SMARTS) is 2. The Balaban J connectivity index is 3.59. The number of rotatable bonds is 53. The summed E-state index contributed by atoms with van der Waals surface area (Å²) in [7, 11) is 0. The van der Waals surface area contributed by atoms with Crippen molar-refractivity contribution < 1.29 is 72.3 Å². The maximum atomic E-state index is 12.3. The van der Waals surface area contributed by atoms with Crippen molar-refractivity contribution in [2.75, 3.05) is 85.6 Å². The molecule has 0 spiro atoms. The van der Waals surface area contributed by atoms with E-state index >= 15 is 0 Å². The average Bonchev–Trinajstić information content (AvgIpc) is 3.35. The Hall–Kier alpha value is -4.81. The summed E-state index contributed by atoms with van der Waals surface area (Å²) in [5.41, 5.74) is 2.37. The Morgan fingerprint density at radius 1 is 0.403 bits per heavy atom. The summed E-state index contributed by atoms with van der Waals surface area (Å²) in [6.07, 6.45) is 20.1. The van der Waals surface area contributed by atoms with Crippen LogP contribution in [0, 0.1) is 0 Å². The van der Waals surface area contributed by atoms with Gasteiger partial charge in [0, 0.05) is 64.8 Å². The minimum absolute atomic E-state index is 0.0204. The molecule has 0 rings (SSSR count). The fourth-order valence-electron chi connectivity index (χ4n) is 7.01. The molecule has 6 amide bonds. The number of hydrazine groups is 1. The topological polar surface area (TPSA) is 341 Å². The minimum atomic E-state index is -1.27. The van der Waals surface area contributed by atoms with Crippen molar-refractivity contribution >= 4 is 53.7 Å². The second-order valence-corrected chi connectivity index (χ2v) is 17.5. The van der Waals surface area contributed by atoms with Crippen molar-refractivity contribution in [3.05, 3.63) is 0 Å². The minimum Gasteiger partial charge on any atom is -0.481 e. The number of unbranched alkanes of at least 4 members (excludes halogenated alkanes) is 14. The SMILES string of the molecule is NN[C@H](C=O)CCCCNC(=O)CC[C@H](NC(=O)CCCNC(=O)COCCOCCNC(=O)COCCOCCNC(=O)CCCNC(=O)CCCCCCCCCCCCCCCCC(=O)O)C(=O)O. The van der Waals surface area contributed by atoms with Crippen LogP contribution in [0.3, 0.4) is 0 Å². The Bertz CT molecular complexity index is 1480. The predicted octanol–water partition coefficient (Wildman–Crippen LogP) is 2.07. The molecule has 23 heteroatoms. The van der Waals surface area contributed by atoms with E-state index in [4.69, 9.17) is 29.9 Å². The van der Waals surface area contributed by atoms with Gasteiger partial charge in [-0.25, -0.2) is 4.79 Å². The third-order valence-electron chi connectivity index (χ3n) is 11.1. The van der Waals surface area contributed by atoms with Gasteiger partial charge in [0.1, 0.15) is 25.5 Å². The normalized spacial score (nSPS) is 11.8. The second-order valence-electron chi connectivity index (χ2n) is 17.5. The van der Waals surface area contributed by atoms with E-state index in [1.165, 1.54) is 51.4 Å². The Morgan fingerprint density at radius 2 is 0.792 bits per heavy atom. The molecule has 0 fully saturated rings. The van der Waals surface area contributed by atoms with Crippen molar-refractivity contribution in [2.24, 2.45) is 5.84 Å². The number of amides is 6. The molecule has 0 heterocycles. The van der Waals surface area contributed by atoms with Gasteiger partial charge in [-0.2, -0.15) is 0 Å². The summed E-state index contributed by atoms with van der Waals surface area (Å²) in [6.45, 7) is 2.43. The van der Waals surface area contributed by atoms with E-state index in [9.17, 15) is 48.3 Å². The highest BCUT2D eigenvalue weighted by Gasteiger charge is 2.21. The maximum absolute atomic E-state index is 12.3. The van der Waals surface area contributed by atoms with Gasteiger partial charge in [0.05, 0.1) is 45.7 Å². The van der Waals surface area contributed by atoms with Crippen molar-refractivity contribution in [1.82, 2.24) is 37.3 Å². The van der Waals surface area contributed by atoms with Crippen molar-refractivity contribution in [3.63, 3.8) is 0 Å². The standard InChI is InChI=1S/C49H90N8O15/c50-57-40(37-58)19-15-16-26-51-44(61)25-24-41(49(67)68)56-45(62)22-18-28-53-46(63)38-71-35-34-70-32-30-55-47(64)39-72-36-33-69-31-29-54-43(60)21-17-27-52-42(59)20-13-11-9-7-5-3-1-2-4-6-8-10-12-14-23-48(65)66/h37,40-41,57H,1-36,38-39,50H2,(H,51,61)(H,52,59)(H,53,63)(H,54,60)(H,55,64)(H,56,62)(H,65,66)(H,67,68)/t40-,41-/m0/s1. The molecular formula is C49H90N8O15. The molecule has 0 aliphatic carbocycles. The number of carboxylic acids is 2. The van der Waals surface area contributed by atoms with Crippen LogP contribution in [0.1, 0.15) is 161 Å². The number of aldehydes is 1. The highest BCUT2D eigenvalue weighted by molar-refractivity contribution is 5.84. The van der Waals surface area contributed by atoms with E-state index in [0.717, 1.165) is 38.5 Å². The summed E-state index contributed by atoms with van der Waals surface area (Å²) in [4.78, 5) is 105. The summed E-state index contributed by atoms with van der Waals surface area (Å²) in [5, 5.41) is 34.1. The molecule has 0 aliphatic rings. The molecule has 0 bridgehead atoms. The zero-order chi connectivity index (χ0) is 53.1. The number of hydrogen-bond acceptors (Lipinski definition) is 15. The van der Waals surface area contributed by atoms with Gasteiger partial charge in [-0.05, 0) is 51.4 Å². The van der Waals surface area contributed by atoms with Gasteiger partial charge in [-0.1, -0.05) is 77.0 Å². The molecule has 0 radical (unpaired) electrons. The van der Waals surface area contributed by atoms with Crippen LogP contribution in [0.2, 0.25) is 0 Å². The monoisotopic (exact) mass is 1030 g/mol. The summed E-state index contributed by atoms with van der Waals surface area (Å²) < 4.78 is 21.4. The molecule has 0 aromatic rings. The van der Waals surface area contributed by atoms with Crippen LogP contribution < -0.4 is 43.2 Å². The number of hydrogen-bond donors (Lipinski definition) is 10. The number of carbonyl (C=O) groups is 9. The molecule has 0 aliphatic heterocycles. The molecule has 0 aromatic carbocycles. The lowest BCUT2D eigenvalue weighted by atomic mass is 10.0. The lowest BCUT2D eigenvalue weighted by Gasteiger charge is -2.15. The molecule has 0 aromatic heterocycles. The van der Waals surface area contributed by atoms with E-state index in [1.54, 1.807) is 0 Å². The van der Waals surface area contributed by atoms with Crippen LogP contribution in [0.4, 0.5) is 0 Å². The molecule has 416 valence electrons. The van der Waals surface area contributed by atoms with E-state index in [-0.39, 0.29) is 122 Å². The van der Waals surface area contributed by atoms with Crippen molar-refractivity contribution in [1.29, 1.82) is 0 Å². The fourth-order valence-corrected chi connectivity index (χ4v) is 7.01. The number of nitrogens with two attached hydrogens (primary N) is 1. The first-order chi connectivity index (χ1) is 34.9. The van der Waals surface area contributed by atoms with Gasteiger partial charge in [-0.15, -0.1) is 0 Å². The highest BCUT2D eigenvalue weighted by Crippen LogP contribution is 2.14. The third kappa shape index (κ3) is 47.5. The van der Waals surface area contributed by atoms with E-state index in [1.807, 2.05) is 0 Å². The zero-order valence-electron chi connectivity index (χ0n) is 42.9. The van der Waals surface area contributed by atoms with Gasteiger partial charge < -0.3 is 65.9 Å². The molecule has 2 atom stereocenters. The van der Waals surface area contributed by atoms with Crippen LogP contribution in [0.5, 0.6) is 0 Å². The summed E-state index contributed by atoms with van der Waals surface area (Å²) in [6, 6.07) is -1.69. The van der Waals surface area contributed by atoms with Crippen LogP contribution in [0.25, 0.3) is 0 Å². The first-order valence-electron chi connectivity index (χ1n) is 26.2. The first kappa shape index (κ1) is 67.2. The first-order valence-corrected chi connectivity index (χ1v) is 26.2. The van der Waals surface area contributed by atoms with Crippen LogP contribution in [-0.2, 0) is 62.1 Å². The molecule has 0 saturated heterocycles. The lowest BCUT2D eigenvalue weighted by Crippen LogP contribution is -2.42.